The lowest BCUT2D eigenvalue weighted by Crippen LogP contribution is -2.19. The number of hydrogen-bond acceptors (Lipinski definition) is 3. The van der Waals surface area contributed by atoms with E-state index in [0.29, 0.717) is 24.1 Å². The minimum Gasteiger partial charge on any atom is -0.490 e. The molecular formula is C19H24N2O2S. The van der Waals surface area contributed by atoms with E-state index in [1.54, 1.807) is 0 Å². The Balaban J connectivity index is 2.06. The Kier molecular flexibility index (Phi) is 6.88. The van der Waals surface area contributed by atoms with E-state index in [-0.39, 0.29) is 0 Å². The van der Waals surface area contributed by atoms with Gasteiger partial charge in [0.2, 0.25) is 0 Å². The van der Waals surface area contributed by atoms with Gasteiger partial charge in [-0.25, -0.2) is 0 Å². The van der Waals surface area contributed by atoms with Crippen LogP contribution in [0.15, 0.2) is 42.5 Å². The molecule has 24 heavy (non-hydrogen) atoms. The number of thiocarbonyl (C=S) groups is 1. The first-order valence-electron chi connectivity index (χ1n) is 8.22. The molecule has 0 aliphatic rings. The van der Waals surface area contributed by atoms with Gasteiger partial charge in [0, 0.05) is 17.4 Å². The predicted octanol–water partition coefficient (Wildman–Crippen LogP) is 4.86. The SMILES string of the molecule is CCOc1ccc(NC(=S)Nc2cccc(CC)c2)cc1OCC. The summed E-state index contributed by atoms with van der Waals surface area (Å²) in [4.78, 5) is 0. The van der Waals surface area contributed by atoms with Gasteiger partial charge in [-0.05, 0) is 62.3 Å². The van der Waals surface area contributed by atoms with Gasteiger partial charge in [0.1, 0.15) is 0 Å². The number of nitrogens with one attached hydrogen (secondary N) is 2. The molecule has 0 aromatic heterocycles. The third-order valence-corrected chi connectivity index (χ3v) is 3.60. The van der Waals surface area contributed by atoms with Crippen LogP contribution in [0.4, 0.5) is 11.4 Å². The van der Waals surface area contributed by atoms with Crippen LogP contribution in [0.2, 0.25) is 0 Å². The predicted molar refractivity (Wildman–Crippen MR) is 104 cm³/mol. The molecule has 0 aliphatic heterocycles. The summed E-state index contributed by atoms with van der Waals surface area (Å²) in [6.07, 6.45) is 0.992. The maximum atomic E-state index is 5.63. The lowest BCUT2D eigenvalue weighted by molar-refractivity contribution is 0.288. The highest BCUT2D eigenvalue weighted by Crippen LogP contribution is 2.30. The van der Waals surface area contributed by atoms with Gasteiger partial charge >= 0.3 is 0 Å². The summed E-state index contributed by atoms with van der Waals surface area (Å²) in [5, 5.41) is 6.92. The van der Waals surface area contributed by atoms with E-state index in [9.17, 15) is 0 Å². The maximum Gasteiger partial charge on any atom is 0.175 e. The molecule has 4 nitrogen and oxygen atoms in total. The summed E-state index contributed by atoms with van der Waals surface area (Å²) < 4.78 is 11.2. The maximum absolute atomic E-state index is 5.63. The van der Waals surface area contributed by atoms with Crippen LogP contribution in [-0.2, 0) is 6.42 Å². The molecule has 0 fully saturated rings. The molecule has 2 N–H and O–H groups in total. The van der Waals surface area contributed by atoms with Crippen molar-refractivity contribution in [2.45, 2.75) is 27.2 Å². The Morgan fingerprint density at radius 1 is 0.875 bits per heavy atom. The quantitative estimate of drug-likeness (QED) is 0.703. The highest BCUT2D eigenvalue weighted by molar-refractivity contribution is 7.80. The fraction of sp³-hybridized carbons (Fsp3) is 0.316. The van der Waals surface area contributed by atoms with Crippen molar-refractivity contribution in [3.8, 4) is 11.5 Å². The smallest absolute Gasteiger partial charge is 0.175 e. The number of benzene rings is 2. The largest absolute Gasteiger partial charge is 0.490 e. The third kappa shape index (κ3) is 5.13. The van der Waals surface area contributed by atoms with Gasteiger partial charge in [-0.1, -0.05) is 19.1 Å². The zero-order chi connectivity index (χ0) is 17.4. The van der Waals surface area contributed by atoms with E-state index in [1.807, 2.05) is 44.2 Å². The van der Waals surface area contributed by atoms with Crippen LogP contribution in [0.3, 0.4) is 0 Å². The van der Waals surface area contributed by atoms with Gasteiger partial charge in [0.25, 0.3) is 0 Å². The molecule has 0 unspecified atom stereocenters. The fourth-order valence-corrected chi connectivity index (χ4v) is 2.53. The number of hydrogen-bond donors (Lipinski definition) is 2. The molecular weight excluding hydrogens is 320 g/mol. The zero-order valence-corrected chi connectivity index (χ0v) is 15.2. The highest BCUT2D eigenvalue weighted by Gasteiger charge is 2.07. The van der Waals surface area contributed by atoms with E-state index in [4.69, 9.17) is 21.7 Å². The summed E-state index contributed by atoms with van der Waals surface area (Å²) in [5.41, 5.74) is 3.09. The Hall–Kier alpha value is -2.27. The molecule has 5 heteroatoms. The minimum atomic E-state index is 0.537. The Morgan fingerprint density at radius 2 is 1.54 bits per heavy atom. The van der Waals surface area contributed by atoms with Crippen LogP contribution < -0.4 is 20.1 Å². The number of ether oxygens (including phenoxy) is 2. The molecule has 128 valence electrons. The van der Waals surface area contributed by atoms with E-state index >= 15 is 0 Å². The first kappa shape index (κ1) is 18.1. The molecule has 0 amide bonds. The summed E-state index contributed by atoms with van der Waals surface area (Å²) in [6.45, 7) is 7.20. The number of rotatable bonds is 7. The standard InChI is InChI=1S/C19H24N2O2S/c1-4-14-8-7-9-15(12-14)20-19(24)21-16-10-11-17(22-5-2)18(13-16)23-6-3/h7-13H,4-6H2,1-3H3,(H2,20,21,24). The molecule has 0 atom stereocenters. The van der Waals surface area contributed by atoms with Crippen molar-refractivity contribution in [1.82, 2.24) is 0 Å². The lowest BCUT2D eigenvalue weighted by atomic mass is 10.1. The van der Waals surface area contributed by atoms with Crippen molar-refractivity contribution in [3.05, 3.63) is 48.0 Å². The second-order valence-corrected chi connectivity index (χ2v) is 5.57. The van der Waals surface area contributed by atoms with Crippen molar-refractivity contribution in [1.29, 1.82) is 0 Å². The van der Waals surface area contributed by atoms with Crippen LogP contribution in [0.5, 0.6) is 11.5 Å². The normalized spacial score (nSPS) is 10.1. The molecule has 0 heterocycles. The third-order valence-electron chi connectivity index (χ3n) is 3.39. The van der Waals surface area contributed by atoms with Crippen LogP contribution >= 0.6 is 12.2 Å². The Labute approximate surface area is 149 Å². The van der Waals surface area contributed by atoms with E-state index in [0.717, 1.165) is 23.5 Å². The topological polar surface area (TPSA) is 42.5 Å². The van der Waals surface area contributed by atoms with Crippen molar-refractivity contribution in [2.75, 3.05) is 23.8 Å². The van der Waals surface area contributed by atoms with Crippen molar-refractivity contribution >= 4 is 28.7 Å². The summed E-state index contributed by atoms with van der Waals surface area (Å²) in [7, 11) is 0. The van der Waals surface area contributed by atoms with Gasteiger partial charge in [-0.3, -0.25) is 0 Å². The average Bonchev–Trinajstić information content (AvgIpc) is 2.57. The molecule has 0 spiro atoms. The van der Waals surface area contributed by atoms with Crippen LogP contribution in [0.1, 0.15) is 26.3 Å². The van der Waals surface area contributed by atoms with Crippen molar-refractivity contribution in [2.24, 2.45) is 0 Å². The molecule has 0 saturated heterocycles. The first-order chi connectivity index (χ1) is 11.7. The van der Waals surface area contributed by atoms with E-state index in [1.165, 1.54) is 5.56 Å². The molecule has 2 aromatic carbocycles. The number of aryl methyl sites for hydroxylation is 1. The van der Waals surface area contributed by atoms with Gasteiger partial charge < -0.3 is 20.1 Å². The monoisotopic (exact) mass is 344 g/mol. The molecule has 0 aliphatic carbocycles. The second-order valence-electron chi connectivity index (χ2n) is 5.16. The van der Waals surface area contributed by atoms with E-state index in [2.05, 4.69) is 29.7 Å². The summed E-state index contributed by atoms with van der Waals surface area (Å²) >= 11 is 5.40. The van der Waals surface area contributed by atoms with Crippen molar-refractivity contribution < 1.29 is 9.47 Å². The van der Waals surface area contributed by atoms with Crippen LogP contribution in [0.25, 0.3) is 0 Å². The molecule has 0 bridgehead atoms. The second kappa shape index (κ2) is 9.13. The van der Waals surface area contributed by atoms with Crippen LogP contribution in [0, 0.1) is 0 Å². The van der Waals surface area contributed by atoms with Gasteiger partial charge in [-0.2, -0.15) is 0 Å². The molecule has 2 aromatic rings. The van der Waals surface area contributed by atoms with Crippen LogP contribution in [-0.4, -0.2) is 18.3 Å². The minimum absolute atomic E-state index is 0.537. The summed E-state index contributed by atoms with van der Waals surface area (Å²) in [6, 6.07) is 13.9. The highest BCUT2D eigenvalue weighted by atomic mass is 32.1. The summed E-state index contributed by atoms with van der Waals surface area (Å²) in [5.74, 6) is 1.44. The zero-order valence-electron chi connectivity index (χ0n) is 14.4. The molecule has 0 radical (unpaired) electrons. The Morgan fingerprint density at radius 3 is 2.21 bits per heavy atom. The fourth-order valence-electron chi connectivity index (χ4n) is 2.29. The Bertz CT molecular complexity index is 689. The molecule has 2 rings (SSSR count). The first-order valence-corrected chi connectivity index (χ1v) is 8.63. The van der Waals surface area contributed by atoms with Gasteiger partial charge in [0.15, 0.2) is 16.6 Å². The lowest BCUT2D eigenvalue weighted by Gasteiger charge is -2.15. The molecule has 0 saturated carbocycles. The number of anilines is 2. The van der Waals surface area contributed by atoms with Crippen molar-refractivity contribution in [3.63, 3.8) is 0 Å². The van der Waals surface area contributed by atoms with E-state index < -0.39 is 0 Å². The average molecular weight is 344 g/mol. The van der Waals surface area contributed by atoms with Gasteiger partial charge in [-0.15, -0.1) is 0 Å². The van der Waals surface area contributed by atoms with Gasteiger partial charge in [0.05, 0.1) is 13.2 Å².